The predicted octanol–water partition coefficient (Wildman–Crippen LogP) is 1.62. The highest BCUT2D eigenvalue weighted by Crippen LogP contribution is 2.17. The molecule has 1 rings (SSSR count). The minimum absolute atomic E-state index is 0.303. The fourth-order valence-corrected chi connectivity index (χ4v) is 0.827. The van der Waals surface area contributed by atoms with Gasteiger partial charge in [-0.2, -0.15) is 5.26 Å². The lowest BCUT2D eigenvalue weighted by Gasteiger charge is -1.99. The van der Waals surface area contributed by atoms with Gasteiger partial charge in [-0.1, -0.05) is 11.6 Å². The first kappa shape index (κ1) is 7.83. The molecule has 4 heteroatoms. The van der Waals surface area contributed by atoms with Crippen molar-refractivity contribution in [3.63, 3.8) is 0 Å². The van der Waals surface area contributed by atoms with E-state index in [-0.39, 0.29) is 0 Å². The molecule has 0 amide bonds. The molecule has 0 saturated carbocycles. The first-order chi connectivity index (χ1) is 5.27. The number of rotatable bonds is 1. The van der Waals surface area contributed by atoms with E-state index in [0.717, 1.165) is 0 Å². The summed E-state index contributed by atoms with van der Waals surface area (Å²) in [5.41, 5.74) is 0.347. The molecule has 3 nitrogen and oxygen atoms in total. The molecule has 0 saturated heterocycles. The van der Waals surface area contributed by atoms with Gasteiger partial charge in [-0.15, -0.1) is 0 Å². The zero-order chi connectivity index (χ0) is 8.27. The smallest absolute Gasteiger partial charge is 0.231 e. The van der Waals surface area contributed by atoms with Crippen LogP contribution < -0.4 is 4.74 Å². The number of nitrogens with zero attached hydrogens (tertiary/aromatic N) is 2. The Balaban J connectivity index is 3.19. The highest BCUT2D eigenvalue weighted by molar-refractivity contribution is 6.30. The maximum Gasteiger partial charge on any atom is 0.231 e. The number of aromatic nitrogens is 1. The molecular weight excluding hydrogens is 164 g/mol. The SMILES string of the molecule is COc1ncc(Cl)cc1C#N. The number of halogens is 1. The van der Waals surface area contributed by atoms with Crippen molar-refractivity contribution in [1.29, 1.82) is 5.26 Å². The topological polar surface area (TPSA) is 45.9 Å². The number of hydrogen-bond donors (Lipinski definition) is 0. The monoisotopic (exact) mass is 168 g/mol. The van der Waals surface area contributed by atoms with Crippen molar-refractivity contribution in [3.05, 3.63) is 22.8 Å². The van der Waals surface area contributed by atoms with Crippen LogP contribution in [0.5, 0.6) is 5.88 Å². The maximum atomic E-state index is 8.55. The van der Waals surface area contributed by atoms with Crippen LogP contribution in [0.3, 0.4) is 0 Å². The Morgan fingerprint density at radius 2 is 2.45 bits per heavy atom. The van der Waals surface area contributed by atoms with Gasteiger partial charge in [0, 0.05) is 6.20 Å². The Kier molecular flexibility index (Phi) is 2.29. The van der Waals surface area contributed by atoms with Crippen molar-refractivity contribution in [1.82, 2.24) is 4.98 Å². The number of pyridine rings is 1. The van der Waals surface area contributed by atoms with Gasteiger partial charge in [-0.3, -0.25) is 0 Å². The molecule has 0 bridgehead atoms. The van der Waals surface area contributed by atoms with Crippen LogP contribution in [0, 0.1) is 11.3 Å². The van der Waals surface area contributed by atoms with Crippen LogP contribution in [-0.4, -0.2) is 12.1 Å². The van der Waals surface area contributed by atoms with Crippen molar-refractivity contribution >= 4 is 11.6 Å². The largest absolute Gasteiger partial charge is 0.480 e. The molecule has 0 aliphatic heterocycles. The second-order valence-corrected chi connectivity index (χ2v) is 2.26. The molecule has 0 aromatic carbocycles. The summed E-state index contributed by atoms with van der Waals surface area (Å²) in [6, 6.07) is 3.42. The molecule has 0 spiro atoms. The number of methoxy groups -OCH3 is 1. The first-order valence-electron chi connectivity index (χ1n) is 2.87. The molecule has 11 heavy (non-hydrogen) atoms. The van der Waals surface area contributed by atoms with Gasteiger partial charge in [0.25, 0.3) is 0 Å². The van der Waals surface area contributed by atoms with Crippen LogP contribution in [0.1, 0.15) is 5.56 Å². The molecule has 0 aliphatic rings. The van der Waals surface area contributed by atoms with Crippen LogP contribution in [0.25, 0.3) is 0 Å². The third-order valence-corrected chi connectivity index (χ3v) is 1.34. The van der Waals surface area contributed by atoms with Gasteiger partial charge in [-0.25, -0.2) is 4.98 Å². The van der Waals surface area contributed by atoms with Crippen LogP contribution in [-0.2, 0) is 0 Å². The van der Waals surface area contributed by atoms with E-state index in [1.165, 1.54) is 19.4 Å². The summed E-state index contributed by atoms with van der Waals surface area (Å²) in [5.74, 6) is 0.303. The molecule has 1 aromatic rings. The van der Waals surface area contributed by atoms with E-state index in [1.54, 1.807) is 0 Å². The van der Waals surface area contributed by atoms with Gasteiger partial charge in [0.2, 0.25) is 5.88 Å². The lowest BCUT2D eigenvalue weighted by Crippen LogP contribution is -1.90. The second-order valence-electron chi connectivity index (χ2n) is 1.82. The standard InChI is InChI=1S/C7H5ClN2O/c1-11-7-5(3-9)2-6(8)4-10-7/h2,4H,1H3. The van der Waals surface area contributed by atoms with Crippen molar-refractivity contribution in [2.24, 2.45) is 0 Å². The minimum Gasteiger partial charge on any atom is -0.480 e. The van der Waals surface area contributed by atoms with Crippen LogP contribution >= 0.6 is 11.6 Å². The quantitative estimate of drug-likeness (QED) is 0.640. The number of ether oxygens (including phenoxy) is 1. The fraction of sp³-hybridized carbons (Fsp3) is 0.143. The molecule has 0 aliphatic carbocycles. The summed E-state index contributed by atoms with van der Waals surface area (Å²) >= 11 is 5.58. The van der Waals surface area contributed by atoms with Crippen molar-refractivity contribution < 1.29 is 4.74 Å². The van der Waals surface area contributed by atoms with Crippen LogP contribution in [0.4, 0.5) is 0 Å². The summed E-state index contributed by atoms with van der Waals surface area (Å²) < 4.78 is 4.80. The van der Waals surface area contributed by atoms with E-state index in [4.69, 9.17) is 21.6 Å². The van der Waals surface area contributed by atoms with Gasteiger partial charge in [0.05, 0.1) is 12.1 Å². The van der Waals surface area contributed by atoms with E-state index in [9.17, 15) is 0 Å². The predicted molar refractivity (Wildman–Crippen MR) is 40.5 cm³/mol. The average Bonchev–Trinajstić information content (AvgIpc) is 2.04. The molecule has 0 atom stereocenters. The van der Waals surface area contributed by atoms with E-state index in [1.807, 2.05) is 6.07 Å². The molecule has 0 fully saturated rings. The van der Waals surface area contributed by atoms with E-state index in [2.05, 4.69) is 4.98 Å². The Hall–Kier alpha value is -1.27. The summed E-state index contributed by atoms with van der Waals surface area (Å²) in [6.07, 6.45) is 1.43. The van der Waals surface area contributed by atoms with Gasteiger partial charge >= 0.3 is 0 Å². The van der Waals surface area contributed by atoms with Crippen molar-refractivity contribution in [3.8, 4) is 11.9 Å². The first-order valence-corrected chi connectivity index (χ1v) is 3.25. The second kappa shape index (κ2) is 3.22. The lowest BCUT2D eigenvalue weighted by atomic mass is 10.3. The normalized spacial score (nSPS) is 8.82. The molecule has 1 heterocycles. The van der Waals surface area contributed by atoms with Gasteiger partial charge in [0.1, 0.15) is 11.6 Å². The molecule has 1 aromatic heterocycles. The highest BCUT2D eigenvalue weighted by atomic mass is 35.5. The summed E-state index contributed by atoms with van der Waals surface area (Å²) in [4.78, 5) is 3.79. The summed E-state index contributed by atoms with van der Waals surface area (Å²) in [5, 5.41) is 8.98. The number of nitriles is 1. The van der Waals surface area contributed by atoms with Gasteiger partial charge < -0.3 is 4.74 Å². The average molecular weight is 169 g/mol. The zero-order valence-corrected chi connectivity index (χ0v) is 6.59. The number of hydrogen-bond acceptors (Lipinski definition) is 3. The Morgan fingerprint density at radius 1 is 1.73 bits per heavy atom. The van der Waals surface area contributed by atoms with Crippen LogP contribution in [0.2, 0.25) is 5.02 Å². The molecule has 0 radical (unpaired) electrons. The Morgan fingerprint density at radius 3 is 3.00 bits per heavy atom. The maximum absolute atomic E-state index is 8.55. The molecule has 0 N–H and O–H groups in total. The Labute approximate surface area is 69.2 Å². The van der Waals surface area contributed by atoms with Crippen molar-refractivity contribution in [2.45, 2.75) is 0 Å². The highest BCUT2D eigenvalue weighted by Gasteiger charge is 2.02. The van der Waals surface area contributed by atoms with Crippen molar-refractivity contribution in [2.75, 3.05) is 7.11 Å². The van der Waals surface area contributed by atoms with Crippen LogP contribution in [0.15, 0.2) is 12.3 Å². The molecular formula is C7H5ClN2O. The summed E-state index contributed by atoms with van der Waals surface area (Å²) in [7, 11) is 1.46. The Bertz CT molecular complexity index is 306. The summed E-state index contributed by atoms with van der Waals surface area (Å²) in [6.45, 7) is 0. The third-order valence-electron chi connectivity index (χ3n) is 1.13. The van der Waals surface area contributed by atoms with Gasteiger partial charge in [0.15, 0.2) is 0 Å². The molecule has 56 valence electrons. The third kappa shape index (κ3) is 1.60. The lowest BCUT2D eigenvalue weighted by molar-refractivity contribution is 0.396. The minimum atomic E-state index is 0.303. The van der Waals surface area contributed by atoms with E-state index < -0.39 is 0 Å². The van der Waals surface area contributed by atoms with E-state index >= 15 is 0 Å². The van der Waals surface area contributed by atoms with E-state index in [0.29, 0.717) is 16.5 Å². The fourth-order valence-electron chi connectivity index (χ4n) is 0.669. The zero-order valence-electron chi connectivity index (χ0n) is 5.84. The van der Waals surface area contributed by atoms with Gasteiger partial charge in [-0.05, 0) is 6.07 Å². The molecule has 0 unspecified atom stereocenters.